The van der Waals surface area contributed by atoms with Gasteiger partial charge in [0.1, 0.15) is 0 Å². The van der Waals surface area contributed by atoms with Gasteiger partial charge in [0, 0.05) is 0 Å². The second-order valence-corrected chi connectivity index (χ2v) is 7.76. The zero-order chi connectivity index (χ0) is 19.6. The van der Waals surface area contributed by atoms with Crippen LogP contribution in [0.5, 0.6) is 11.5 Å². The van der Waals surface area contributed by atoms with Gasteiger partial charge in [-0.05, 0) is 61.7 Å². The maximum Gasteiger partial charge on any atom is 0.270 e. The fraction of sp³-hybridized carbons (Fsp3) is 0.238. The molecule has 0 bridgehead atoms. The van der Waals surface area contributed by atoms with E-state index in [-0.39, 0.29) is 5.91 Å². The summed E-state index contributed by atoms with van der Waals surface area (Å²) in [6, 6.07) is 11.5. The first kappa shape index (κ1) is 19.5. The molecule has 0 radical (unpaired) electrons. The van der Waals surface area contributed by atoms with Crippen molar-refractivity contribution < 1.29 is 14.3 Å². The molecular weight excluding hydrogens is 378 g/mol. The van der Waals surface area contributed by atoms with Crippen LogP contribution in [0.4, 0.5) is 5.69 Å². The molecule has 1 saturated heterocycles. The molecule has 1 amide bonds. The lowest BCUT2D eigenvalue weighted by Crippen LogP contribution is -2.28. The van der Waals surface area contributed by atoms with Crippen LogP contribution >= 0.6 is 24.0 Å². The van der Waals surface area contributed by atoms with Crippen LogP contribution in [-0.4, -0.2) is 23.9 Å². The minimum Gasteiger partial charge on any atom is -0.493 e. The number of methoxy groups -OCH3 is 1. The third kappa shape index (κ3) is 3.87. The van der Waals surface area contributed by atoms with Crippen molar-refractivity contribution in [3.8, 4) is 11.5 Å². The lowest BCUT2D eigenvalue weighted by atomic mass is 10.1. The van der Waals surface area contributed by atoms with Crippen molar-refractivity contribution in [2.45, 2.75) is 20.8 Å². The lowest BCUT2D eigenvalue weighted by molar-refractivity contribution is -0.113. The molecule has 3 rings (SSSR count). The van der Waals surface area contributed by atoms with Crippen molar-refractivity contribution in [2.24, 2.45) is 0 Å². The fourth-order valence-electron chi connectivity index (χ4n) is 2.85. The molecule has 1 aliphatic rings. The van der Waals surface area contributed by atoms with E-state index in [4.69, 9.17) is 21.7 Å². The van der Waals surface area contributed by atoms with E-state index < -0.39 is 0 Å². The van der Waals surface area contributed by atoms with E-state index in [2.05, 4.69) is 0 Å². The molecule has 27 heavy (non-hydrogen) atoms. The number of nitrogens with zero attached hydrogens (tertiary/aromatic N) is 1. The second kappa shape index (κ2) is 8.15. The lowest BCUT2D eigenvalue weighted by Gasteiger charge is -2.18. The Bertz CT molecular complexity index is 937. The van der Waals surface area contributed by atoms with Crippen LogP contribution in [0.3, 0.4) is 0 Å². The molecule has 4 nitrogen and oxygen atoms in total. The SMILES string of the molecule is CCOc1ccc(/C=C2/SC(=S)N(c3cccc(C)c3C)C2=O)cc1OC. The van der Waals surface area contributed by atoms with Crippen LogP contribution in [0.2, 0.25) is 0 Å². The van der Waals surface area contributed by atoms with E-state index in [0.29, 0.717) is 27.3 Å². The molecular formula is C21H21NO3S2. The Kier molecular flexibility index (Phi) is 5.87. The molecule has 140 valence electrons. The minimum atomic E-state index is -0.105. The Morgan fingerprint density at radius 3 is 2.67 bits per heavy atom. The van der Waals surface area contributed by atoms with E-state index in [0.717, 1.165) is 22.4 Å². The largest absolute Gasteiger partial charge is 0.493 e. The topological polar surface area (TPSA) is 38.8 Å². The van der Waals surface area contributed by atoms with Crippen molar-refractivity contribution in [3.05, 3.63) is 58.0 Å². The number of amides is 1. The highest BCUT2D eigenvalue weighted by Gasteiger charge is 2.34. The number of aryl methyl sites for hydroxylation is 1. The minimum absolute atomic E-state index is 0.105. The Labute approximate surface area is 169 Å². The molecule has 0 N–H and O–H groups in total. The van der Waals surface area contributed by atoms with Gasteiger partial charge in [-0.25, -0.2) is 0 Å². The molecule has 0 aromatic heterocycles. The highest BCUT2D eigenvalue weighted by Crippen LogP contribution is 2.38. The van der Waals surface area contributed by atoms with E-state index in [1.807, 2.05) is 63.2 Å². The molecule has 0 spiro atoms. The van der Waals surface area contributed by atoms with Crippen LogP contribution in [-0.2, 0) is 4.79 Å². The molecule has 0 aliphatic carbocycles. The normalized spacial score (nSPS) is 15.6. The fourth-order valence-corrected chi connectivity index (χ4v) is 4.14. The Morgan fingerprint density at radius 1 is 1.19 bits per heavy atom. The van der Waals surface area contributed by atoms with Gasteiger partial charge in [0.2, 0.25) is 0 Å². The number of hydrogen-bond donors (Lipinski definition) is 0. The number of carbonyl (C=O) groups excluding carboxylic acids is 1. The van der Waals surface area contributed by atoms with E-state index >= 15 is 0 Å². The van der Waals surface area contributed by atoms with Crippen LogP contribution < -0.4 is 14.4 Å². The summed E-state index contributed by atoms with van der Waals surface area (Å²) in [5.74, 6) is 1.21. The summed E-state index contributed by atoms with van der Waals surface area (Å²) in [7, 11) is 1.60. The molecule has 1 aliphatic heterocycles. The molecule has 6 heteroatoms. The Balaban J connectivity index is 1.94. The summed E-state index contributed by atoms with van der Waals surface area (Å²) in [6.45, 7) is 6.51. The average Bonchev–Trinajstić information content (AvgIpc) is 2.92. The zero-order valence-corrected chi connectivity index (χ0v) is 17.4. The zero-order valence-electron chi connectivity index (χ0n) is 15.7. The third-order valence-corrected chi connectivity index (χ3v) is 5.70. The number of thioether (sulfide) groups is 1. The first-order valence-corrected chi connectivity index (χ1v) is 9.83. The number of rotatable bonds is 5. The summed E-state index contributed by atoms with van der Waals surface area (Å²) >= 11 is 6.79. The molecule has 1 fully saturated rings. The first-order chi connectivity index (χ1) is 13.0. The summed E-state index contributed by atoms with van der Waals surface area (Å²) in [5.41, 5.74) is 3.88. The van der Waals surface area contributed by atoms with E-state index in [1.54, 1.807) is 12.0 Å². The summed E-state index contributed by atoms with van der Waals surface area (Å²) in [6.07, 6.45) is 1.84. The van der Waals surface area contributed by atoms with E-state index in [1.165, 1.54) is 11.8 Å². The maximum atomic E-state index is 13.0. The Morgan fingerprint density at radius 2 is 1.96 bits per heavy atom. The number of benzene rings is 2. The molecule has 1 heterocycles. The highest BCUT2D eigenvalue weighted by molar-refractivity contribution is 8.27. The summed E-state index contributed by atoms with van der Waals surface area (Å²) < 4.78 is 11.5. The maximum absolute atomic E-state index is 13.0. The number of hydrogen-bond acceptors (Lipinski definition) is 5. The van der Waals surface area contributed by atoms with Gasteiger partial charge in [0.05, 0.1) is 24.3 Å². The highest BCUT2D eigenvalue weighted by atomic mass is 32.2. The van der Waals surface area contributed by atoms with Crippen LogP contribution in [0.15, 0.2) is 41.3 Å². The third-order valence-electron chi connectivity index (χ3n) is 4.40. The molecule has 2 aromatic carbocycles. The number of carbonyl (C=O) groups is 1. The van der Waals surface area contributed by atoms with Crippen molar-refractivity contribution >= 4 is 46.0 Å². The monoisotopic (exact) mass is 399 g/mol. The Hall–Kier alpha value is -2.31. The summed E-state index contributed by atoms with van der Waals surface area (Å²) in [4.78, 5) is 15.2. The van der Waals surface area contributed by atoms with Crippen molar-refractivity contribution in [1.82, 2.24) is 0 Å². The van der Waals surface area contributed by atoms with Crippen LogP contribution in [0, 0.1) is 13.8 Å². The van der Waals surface area contributed by atoms with E-state index in [9.17, 15) is 4.79 Å². The molecule has 0 saturated carbocycles. The van der Waals surface area contributed by atoms with Gasteiger partial charge >= 0.3 is 0 Å². The van der Waals surface area contributed by atoms with Gasteiger partial charge in [0.25, 0.3) is 5.91 Å². The molecule has 0 unspecified atom stereocenters. The van der Waals surface area contributed by atoms with Crippen molar-refractivity contribution in [2.75, 3.05) is 18.6 Å². The first-order valence-electron chi connectivity index (χ1n) is 8.61. The van der Waals surface area contributed by atoms with Gasteiger partial charge in [-0.2, -0.15) is 0 Å². The van der Waals surface area contributed by atoms with Gasteiger partial charge in [0.15, 0.2) is 15.8 Å². The smallest absolute Gasteiger partial charge is 0.270 e. The van der Waals surface area contributed by atoms with Crippen LogP contribution in [0.25, 0.3) is 6.08 Å². The standard InChI is InChI=1S/C21H21NO3S2/c1-5-25-17-10-9-15(11-18(17)24-4)12-19-20(23)22(21(26)27-19)16-8-6-7-13(2)14(16)3/h6-12H,5H2,1-4H3/b19-12+. The number of anilines is 1. The second-order valence-electron chi connectivity index (χ2n) is 6.08. The van der Waals surface area contributed by atoms with Crippen molar-refractivity contribution in [1.29, 1.82) is 0 Å². The van der Waals surface area contributed by atoms with Gasteiger partial charge in [-0.3, -0.25) is 9.69 Å². The summed E-state index contributed by atoms with van der Waals surface area (Å²) in [5, 5.41) is 0. The van der Waals surface area contributed by atoms with Crippen molar-refractivity contribution in [3.63, 3.8) is 0 Å². The quantitative estimate of drug-likeness (QED) is 0.516. The predicted octanol–water partition coefficient (Wildman–Crippen LogP) is 5.12. The number of ether oxygens (including phenoxy) is 2. The van der Waals surface area contributed by atoms with Crippen LogP contribution in [0.1, 0.15) is 23.6 Å². The van der Waals surface area contributed by atoms with Gasteiger partial charge in [-0.1, -0.05) is 42.2 Å². The molecule has 0 atom stereocenters. The number of thiocarbonyl (C=S) groups is 1. The average molecular weight is 400 g/mol. The predicted molar refractivity (Wildman–Crippen MR) is 116 cm³/mol. The molecule has 2 aromatic rings. The van der Waals surface area contributed by atoms with Gasteiger partial charge in [-0.15, -0.1) is 0 Å². The van der Waals surface area contributed by atoms with Gasteiger partial charge < -0.3 is 9.47 Å².